The molecule has 2 aliphatic rings. The van der Waals surface area contributed by atoms with Gasteiger partial charge in [-0.3, -0.25) is 4.90 Å². The molecule has 1 N–H and O–H groups in total. The Kier molecular flexibility index (Phi) is 3.39. The van der Waals surface area contributed by atoms with Crippen molar-refractivity contribution in [2.45, 2.75) is 30.5 Å². The van der Waals surface area contributed by atoms with Crippen LogP contribution in [0.25, 0.3) is 21.5 Å². The Labute approximate surface area is 147 Å². The lowest BCUT2D eigenvalue weighted by Gasteiger charge is -2.50. The molecule has 25 heavy (non-hydrogen) atoms. The SMILES string of the molecule is CN1C2COCC1CC(O)(c1c3ccccc3cc3ccccc13)C2. The minimum Gasteiger partial charge on any atom is -0.385 e. The Bertz CT molecular complexity index is 883. The number of hydrogen-bond donors (Lipinski definition) is 1. The van der Waals surface area contributed by atoms with Crippen LogP contribution >= 0.6 is 0 Å². The third kappa shape index (κ3) is 2.30. The molecule has 5 rings (SSSR count). The van der Waals surface area contributed by atoms with E-state index in [0.717, 1.165) is 18.4 Å². The zero-order valence-corrected chi connectivity index (χ0v) is 14.5. The summed E-state index contributed by atoms with van der Waals surface area (Å²) < 4.78 is 5.76. The van der Waals surface area contributed by atoms with E-state index in [1.807, 2.05) is 0 Å². The van der Waals surface area contributed by atoms with Crippen LogP contribution in [0.3, 0.4) is 0 Å². The molecule has 3 heteroatoms. The van der Waals surface area contributed by atoms with Gasteiger partial charge in [0.2, 0.25) is 0 Å². The van der Waals surface area contributed by atoms with Crippen LogP contribution < -0.4 is 0 Å². The fraction of sp³-hybridized carbons (Fsp3) is 0.364. The number of morpholine rings is 1. The molecule has 128 valence electrons. The van der Waals surface area contributed by atoms with Gasteiger partial charge in [-0.2, -0.15) is 0 Å². The average Bonchev–Trinajstić information content (AvgIpc) is 2.61. The van der Waals surface area contributed by atoms with Crippen molar-refractivity contribution in [1.29, 1.82) is 0 Å². The van der Waals surface area contributed by atoms with Crippen molar-refractivity contribution >= 4 is 21.5 Å². The molecule has 3 aromatic rings. The first kappa shape index (κ1) is 15.3. The normalized spacial score (nSPS) is 30.0. The Morgan fingerprint density at radius 3 is 2.00 bits per heavy atom. The van der Waals surface area contributed by atoms with Crippen molar-refractivity contribution in [2.24, 2.45) is 0 Å². The van der Waals surface area contributed by atoms with Gasteiger partial charge in [-0.25, -0.2) is 0 Å². The average molecular weight is 333 g/mol. The fourth-order valence-electron chi connectivity index (χ4n) is 4.86. The topological polar surface area (TPSA) is 32.7 Å². The van der Waals surface area contributed by atoms with Crippen molar-refractivity contribution in [3.05, 3.63) is 60.2 Å². The summed E-state index contributed by atoms with van der Waals surface area (Å²) in [5.74, 6) is 0. The summed E-state index contributed by atoms with van der Waals surface area (Å²) in [7, 11) is 2.17. The lowest BCUT2D eigenvalue weighted by Crippen LogP contribution is -2.59. The molecule has 2 atom stereocenters. The Morgan fingerprint density at radius 2 is 1.44 bits per heavy atom. The molecule has 2 heterocycles. The molecule has 0 saturated carbocycles. The number of piperidine rings is 1. The second kappa shape index (κ2) is 5.53. The minimum absolute atomic E-state index is 0.273. The first-order valence-electron chi connectivity index (χ1n) is 9.09. The molecule has 2 fully saturated rings. The van der Waals surface area contributed by atoms with Gasteiger partial charge in [-0.1, -0.05) is 48.5 Å². The van der Waals surface area contributed by atoms with E-state index >= 15 is 0 Å². The molecule has 0 aromatic heterocycles. The lowest BCUT2D eigenvalue weighted by molar-refractivity contribution is -0.136. The van der Waals surface area contributed by atoms with E-state index in [1.165, 1.54) is 21.5 Å². The molecule has 3 nitrogen and oxygen atoms in total. The van der Waals surface area contributed by atoms with Gasteiger partial charge in [0.15, 0.2) is 0 Å². The van der Waals surface area contributed by atoms with E-state index in [2.05, 4.69) is 66.5 Å². The molecule has 2 saturated heterocycles. The Balaban J connectivity index is 1.78. The van der Waals surface area contributed by atoms with Crippen LogP contribution in [0, 0.1) is 0 Å². The molecule has 0 radical (unpaired) electrons. The van der Waals surface area contributed by atoms with Crippen LogP contribution in [-0.2, 0) is 10.3 Å². The van der Waals surface area contributed by atoms with E-state index in [9.17, 15) is 5.11 Å². The van der Waals surface area contributed by atoms with Crippen LogP contribution in [-0.4, -0.2) is 42.4 Å². The number of ether oxygens (including phenoxy) is 1. The van der Waals surface area contributed by atoms with E-state index < -0.39 is 5.60 Å². The zero-order chi connectivity index (χ0) is 17.0. The predicted octanol–water partition coefficient (Wildman–Crippen LogP) is 3.67. The molecule has 2 unspecified atom stereocenters. The Morgan fingerprint density at radius 1 is 0.920 bits per heavy atom. The van der Waals surface area contributed by atoms with Crippen molar-refractivity contribution in [1.82, 2.24) is 4.90 Å². The minimum atomic E-state index is -0.813. The summed E-state index contributed by atoms with van der Waals surface area (Å²) in [5, 5.41) is 16.6. The smallest absolute Gasteiger partial charge is 0.0940 e. The van der Waals surface area contributed by atoms with Crippen molar-refractivity contribution < 1.29 is 9.84 Å². The summed E-state index contributed by atoms with van der Waals surface area (Å²) in [5.41, 5.74) is 0.290. The van der Waals surface area contributed by atoms with Crippen LogP contribution in [0.5, 0.6) is 0 Å². The van der Waals surface area contributed by atoms with Gasteiger partial charge in [0, 0.05) is 12.1 Å². The number of nitrogens with zero attached hydrogens (tertiary/aromatic N) is 1. The van der Waals surface area contributed by atoms with Crippen LogP contribution in [0.1, 0.15) is 18.4 Å². The van der Waals surface area contributed by atoms with E-state index in [-0.39, 0.29) is 12.1 Å². The predicted molar refractivity (Wildman–Crippen MR) is 101 cm³/mol. The highest BCUT2D eigenvalue weighted by Gasteiger charge is 2.46. The second-order valence-electron chi connectivity index (χ2n) is 7.64. The van der Waals surface area contributed by atoms with Gasteiger partial charge in [0.25, 0.3) is 0 Å². The van der Waals surface area contributed by atoms with Gasteiger partial charge in [-0.15, -0.1) is 0 Å². The van der Waals surface area contributed by atoms with Crippen LogP contribution in [0.4, 0.5) is 0 Å². The summed E-state index contributed by atoms with van der Waals surface area (Å²) in [6, 6.07) is 19.7. The van der Waals surface area contributed by atoms with E-state index in [0.29, 0.717) is 13.2 Å². The number of hydrogen-bond acceptors (Lipinski definition) is 3. The number of likely N-dealkylation sites (N-methyl/N-ethyl adjacent to an activating group) is 1. The van der Waals surface area contributed by atoms with Gasteiger partial charge in [0.1, 0.15) is 0 Å². The molecule has 0 amide bonds. The maximum absolute atomic E-state index is 11.9. The van der Waals surface area contributed by atoms with E-state index in [1.54, 1.807) is 0 Å². The third-order valence-electron chi connectivity index (χ3n) is 6.16. The quantitative estimate of drug-likeness (QED) is 0.690. The summed E-state index contributed by atoms with van der Waals surface area (Å²) in [6.07, 6.45) is 1.44. The highest BCUT2D eigenvalue weighted by atomic mass is 16.5. The first-order chi connectivity index (χ1) is 12.2. The van der Waals surface area contributed by atoms with Crippen molar-refractivity contribution in [2.75, 3.05) is 20.3 Å². The molecule has 2 aliphatic heterocycles. The summed E-state index contributed by atoms with van der Waals surface area (Å²) in [6.45, 7) is 1.41. The monoisotopic (exact) mass is 333 g/mol. The fourth-order valence-corrected chi connectivity index (χ4v) is 4.86. The second-order valence-corrected chi connectivity index (χ2v) is 7.64. The summed E-state index contributed by atoms with van der Waals surface area (Å²) in [4.78, 5) is 2.39. The largest absolute Gasteiger partial charge is 0.385 e. The first-order valence-corrected chi connectivity index (χ1v) is 9.09. The highest BCUT2D eigenvalue weighted by Crippen LogP contribution is 2.45. The maximum atomic E-state index is 11.9. The van der Waals surface area contributed by atoms with Gasteiger partial charge < -0.3 is 9.84 Å². The van der Waals surface area contributed by atoms with Gasteiger partial charge in [0.05, 0.1) is 18.8 Å². The van der Waals surface area contributed by atoms with Gasteiger partial charge >= 0.3 is 0 Å². The molecule has 2 bridgehead atoms. The van der Waals surface area contributed by atoms with Gasteiger partial charge in [-0.05, 0) is 53.1 Å². The molecule has 0 spiro atoms. The molecular formula is C22H23NO2. The zero-order valence-electron chi connectivity index (χ0n) is 14.5. The molecular weight excluding hydrogens is 310 g/mol. The van der Waals surface area contributed by atoms with E-state index in [4.69, 9.17) is 4.74 Å². The third-order valence-corrected chi connectivity index (χ3v) is 6.16. The van der Waals surface area contributed by atoms with Crippen molar-refractivity contribution in [3.8, 4) is 0 Å². The number of fused-ring (bicyclic) bond motifs is 4. The van der Waals surface area contributed by atoms with Crippen LogP contribution in [0.2, 0.25) is 0 Å². The molecule has 3 aromatic carbocycles. The number of aliphatic hydroxyl groups is 1. The van der Waals surface area contributed by atoms with Crippen molar-refractivity contribution in [3.63, 3.8) is 0 Å². The maximum Gasteiger partial charge on any atom is 0.0940 e. The number of benzene rings is 3. The standard InChI is InChI=1S/C22H23NO2/c1-23-17-11-22(24,12-18(23)14-25-13-17)21-19-8-4-2-6-15(19)10-16-7-3-5-9-20(16)21/h2-10,17-18,24H,11-14H2,1H3. The Hall–Kier alpha value is -1.94. The summed E-state index contributed by atoms with van der Waals surface area (Å²) >= 11 is 0. The van der Waals surface area contributed by atoms with Crippen LogP contribution in [0.15, 0.2) is 54.6 Å². The highest BCUT2D eigenvalue weighted by molar-refractivity contribution is 6.03. The number of rotatable bonds is 1. The lowest BCUT2D eigenvalue weighted by atomic mass is 9.74. The molecule has 0 aliphatic carbocycles.